The van der Waals surface area contributed by atoms with Crippen molar-refractivity contribution in [1.29, 1.82) is 0 Å². The standard InChI is InChI=1S/C25H31ClN2O3/c1-2-3-12-27(16-19-7-5-4-6-8-19)21-9-10-25(29)28(13-11-21)17-20-14-23-24(15-22(20)26)31-18-30-23/h4-8,14-15,21H,2-3,9-13,16-18H2,1H3. The quantitative estimate of drug-likeness (QED) is 0.559. The molecule has 1 saturated heterocycles. The van der Waals surface area contributed by atoms with Crippen molar-refractivity contribution in [3.05, 3.63) is 58.6 Å². The second-order valence-electron chi connectivity index (χ2n) is 8.40. The third-order valence-electron chi connectivity index (χ3n) is 6.22. The molecular formula is C25H31ClN2O3. The zero-order valence-electron chi connectivity index (χ0n) is 18.2. The lowest BCUT2D eigenvalue weighted by Gasteiger charge is -2.31. The van der Waals surface area contributed by atoms with E-state index in [-0.39, 0.29) is 12.7 Å². The molecule has 0 aliphatic carbocycles. The number of hydrogen-bond donors (Lipinski definition) is 0. The van der Waals surface area contributed by atoms with Crippen LogP contribution < -0.4 is 9.47 Å². The van der Waals surface area contributed by atoms with Crippen LogP contribution in [0.25, 0.3) is 0 Å². The molecule has 4 rings (SSSR count). The number of carbonyl (C=O) groups excluding carboxylic acids is 1. The minimum Gasteiger partial charge on any atom is -0.454 e. The number of carbonyl (C=O) groups is 1. The van der Waals surface area contributed by atoms with Crippen LogP contribution in [0.15, 0.2) is 42.5 Å². The first-order valence-electron chi connectivity index (χ1n) is 11.3. The predicted molar refractivity (Wildman–Crippen MR) is 122 cm³/mol. The maximum absolute atomic E-state index is 12.9. The first kappa shape index (κ1) is 22.0. The van der Waals surface area contributed by atoms with E-state index in [9.17, 15) is 4.79 Å². The van der Waals surface area contributed by atoms with E-state index in [1.807, 2.05) is 11.0 Å². The lowest BCUT2D eigenvalue weighted by molar-refractivity contribution is -0.131. The Balaban J connectivity index is 1.43. The first-order valence-corrected chi connectivity index (χ1v) is 11.7. The predicted octanol–water partition coefficient (Wildman–Crippen LogP) is 5.25. The molecule has 2 aliphatic heterocycles. The van der Waals surface area contributed by atoms with Gasteiger partial charge >= 0.3 is 0 Å². The summed E-state index contributed by atoms with van der Waals surface area (Å²) in [6, 6.07) is 14.7. The van der Waals surface area contributed by atoms with Crippen LogP contribution in [0.3, 0.4) is 0 Å². The maximum atomic E-state index is 12.9. The van der Waals surface area contributed by atoms with Crippen molar-refractivity contribution in [3.63, 3.8) is 0 Å². The number of amides is 1. The Morgan fingerprint density at radius 2 is 1.90 bits per heavy atom. The van der Waals surface area contributed by atoms with Crippen molar-refractivity contribution in [3.8, 4) is 11.5 Å². The molecule has 1 atom stereocenters. The molecule has 2 aromatic rings. The SMILES string of the molecule is CCCCN(Cc1ccccc1)C1CCC(=O)N(Cc2cc3c(cc2Cl)OCO3)CC1. The Morgan fingerprint density at radius 1 is 1.13 bits per heavy atom. The van der Waals surface area contributed by atoms with Gasteiger partial charge in [0.25, 0.3) is 0 Å². The van der Waals surface area contributed by atoms with Crippen LogP contribution in [0, 0.1) is 0 Å². The number of hydrogen-bond acceptors (Lipinski definition) is 4. The number of halogens is 1. The van der Waals surface area contributed by atoms with Crippen molar-refractivity contribution in [2.24, 2.45) is 0 Å². The summed E-state index contributed by atoms with van der Waals surface area (Å²) in [7, 11) is 0. The number of unbranched alkanes of at least 4 members (excludes halogenated alkanes) is 1. The highest BCUT2D eigenvalue weighted by Gasteiger charge is 2.27. The number of benzene rings is 2. The molecule has 1 amide bonds. The Kier molecular flexibility index (Phi) is 7.36. The van der Waals surface area contributed by atoms with Crippen LogP contribution in [0.1, 0.15) is 50.2 Å². The van der Waals surface area contributed by atoms with E-state index in [0.717, 1.165) is 38.0 Å². The monoisotopic (exact) mass is 442 g/mol. The summed E-state index contributed by atoms with van der Waals surface area (Å²) in [5, 5.41) is 0.617. The van der Waals surface area contributed by atoms with E-state index in [4.69, 9.17) is 21.1 Å². The molecule has 0 spiro atoms. The van der Waals surface area contributed by atoms with Crippen molar-refractivity contribution in [1.82, 2.24) is 9.80 Å². The third-order valence-corrected chi connectivity index (χ3v) is 6.57. The second-order valence-corrected chi connectivity index (χ2v) is 8.81. The first-order chi connectivity index (χ1) is 15.1. The fraction of sp³-hybridized carbons (Fsp3) is 0.480. The van der Waals surface area contributed by atoms with Crippen LogP contribution in [0.2, 0.25) is 5.02 Å². The van der Waals surface area contributed by atoms with Crippen LogP contribution >= 0.6 is 11.6 Å². The number of rotatable bonds is 8. The van der Waals surface area contributed by atoms with Gasteiger partial charge in [0.15, 0.2) is 11.5 Å². The van der Waals surface area contributed by atoms with E-state index < -0.39 is 0 Å². The molecule has 0 aromatic heterocycles. The summed E-state index contributed by atoms with van der Waals surface area (Å²) in [5.41, 5.74) is 2.24. The summed E-state index contributed by atoms with van der Waals surface area (Å²) in [6.07, 6.45) is 4.80. The fourth-order valence-corrected chi connectivity index (χ4v) is 4.62. The molecule has 2 aliphatic rings. The average Bonchev–Trinajstić information content (AvgIpc) is 3.15. The van der Waals surface area contributed by atoms with Gasteiger partial charge in [0.2, 0.25) is 12.7 Å². The van der Waals surface area contributed by atoms with Crippen LogP contribution in [0.5, 0.6) is 11.5 Å². The topological polar surface area (TPSA) is 42.0 Å². The smallest absolute Gasteiger partial charge is 0.231 e. The summed E-state index contributed by atoms with van der Waals surface area (Å²) >= 11 is 6.46. The summed E-state index contributed by atoms with van der Waals surface area (Å²) in [5.74, 6) is 1.57. The van der Waals surface area contributed by atoms with Crippen LogP contribution in [0.4, 0.5) is 0 Å². The van der Waals surface area contributed by atoms with Gasteiger partial charge in [0.05, 0.1) is 0 Å². The molecule has 1 unspecified atom stereocenters. The Bertz CT molecular complexity index is 890. The molecule has 2 heterocycles. The molecular weight excluding hydrogens is 412 g/mol. The van der Waals surface area contributed by atoms with E-state index in [1.54, 1.807) is 6.07 Å². The van der Waals surface area contributed by atoms with Gasteiger partial charge in [-0.2, -0.15) is 0 Å². The Hall–Kier alpha value is -2.24. The third kappa shape index (κ3) is 5.52. The van der Waals surface area contributed by atoms with Crippen molar-refractivity contribution in [2.75, 3.05) is 19.9 Å². The molecule has 2 aromatic carbocycles. The second kappa shape index (κ2) is 10.4. The molecule has 31 heavy (non-hydrogen) atoms. The Morgan fingerprint density at radius 3 is 2.68 bits per heavy atom. The normalized spacial score (nSPS) is 18.5. The summed E-state index contributed by atoms with van der Waals surface area (Å²) < 4.78 is 10.9. The molecule has 5 nitrogen and oxygen atoms in total. The van der Waals surface area contributed by atoms with Crippen molar-refractivity contribution in [2.45, 2.75) is 58.2 Å². The average molecular weight is 443 g/mol. The van der Waals surface area contributed by atoms with Crippen molar-refractivity contribution >= 4 is 17.5 Å². The molecule has 1 fully saturated rings. The van der Waals surface area contributed by atoms with Gasteiger partial charge in [0, 0.05) is 43.2 Å². The van der Waals surface area contributed by atoms with Gasteiger partial charge in [-0.25, -0.2) is 0 Å². The molecule has 166 valence electrons. The van der Waals surface area contributed by atoms with E-state index in [1.165, 1.54) is 18.4 Å². The summed E-state index contributed by atoms with van der Waals surface area (Å²) in [6.45, 7) is 5.70. The Labute approximate surface area is 189 Å². The molecule has 0 N–H and O–H groups in total. The van der Waals surface area contributed by atoms with Gasteiger partial charge in [-0.15, -0.1) is 0 Å². The van der Waals surface area contributed by atoms with Gasteiger partial charge in [0.1, 0.15) is 0 Å². The van der Waals surface area contributed by atoms with Gasteiger partial charge in [-0.3, -0.25) is 9.69 Å². The lowest BCUT2D eigenvalue weighted by atomic mass is 10.1. The van der Waals surface area contributed by atoms with Crippen molar-refractivity contribution < 1.29 is 14.3 Å². The molecule has 0 radical (unpaired) electrons. The zero-order chi connectivity index (χ0) is 21.6. The molecule has 0 saturated carbocycles. The minimum atomic E-state index is 0.200. The summed E-state index contributed by atoms with van der Waals surface area (Å²) in [4.78, 5) is 17.4. The van der Waals surface area contributed by atoms with E-state index >= 15 is 0 Å². The number of ether oxygens (including phenoxy) is 2. The highest BCUT2D eigenvalue weighted by Crippen LogP contribution is 2.37. The molecule has 0 bridgehead atoms. The lowest BCUT2D eigenvalue weighted by Crippen LogP contribution is -2.36. The fourth-order valence-electron chi connectivity index (χ4n) is 4.41. The van der Waals surface area contributed by atoms with E-state index in [0.29, 0.717) is 35.5 Å². The number of fused-ring (bicyclic) bond motifs is 1. The van der Waals surface area contributed by atoms with Gasteiger partial charge in [-0.1, -0.05) is 55.3 Å². The maximum Gasteiger partial charge on any atom is 0.231 e. The van der Waals surface area contributed by atoms with Gasteiger partial charge in [-0.05, 0) is 43.0 Å². The molecule has 6 heteroatoms. The zero-order valence-corrected chi connectivity index (χ0v) is 18.9. The largest absolute Gasteiger partial charge is 0.454 e. The van der Waals surface area contributed by atoms with Crippen LogP contribution in [-0.2, 0) is 17.9 Å². The minimum absolute atomic E-state index is 0.200. The van der Waals surface area contributed by atoms with Crippen LogP contribution in [-0.4, -0.2) is 41.6 Å². The highest BCUT2D eigenvalue weighted by atomic mass is 35.5. The number of nitrogens with zero attached hydrogens (tertiary/aromatic N) is 2. The van der Waals surface area contributed by atoms with Gasteiger partial charge < -0.3 is 14.4 Å². The highest BCUT2D eigenvalue weighted by molar-refractivity contribution is 6.31. The van der Waals surface area contributed by atoms with E-state index in [2.05, 4.69) is 42.2 Å². The number of likely N-dealkylation sites (tertiary alicyclic amines) is 1.